The van der Waals surface area contributed by atoms with Crippen molar-refractivity contribution in [2.45, 2.75) is 59.8 Å². The molecule has 190 valence electrons. The molecule has 0 aromatic heterocycles. The van der Waals surface area contributed by atoms with Crippen LogP contribution in [0, 0.1) is 13.8 Å². The lowest BCUT2D eigenvalue weighted by Crippen LogP contribution is -2.62. The van der Waals surface area contributed by atoms with Crippen LogP contribution in [0.25, 0.3) is 0 Å². The largest absolute Gasteiger partial charge is 0.387 e. The summed E-state index contributed by atoms with van der Waals surface area (Å²) in [5.41, 5.74) is 2.03. The van der Waals surface area contributed by atoms with Crippen LogP contribution >= 0.6 is 11.8 Å². The smallest absolute Gasteiger partial charge is 0.297 e. The van der Waals surface area contributed by atoms with Crippen molar-refractivity contribution >= 4 is 21.9 Å². The Bertz CT molecular complexity index is 1260. The van der Waals surface area contributed by atoms with Gasteiger partial charge < -0.3 is 19.3 Å². The van der Waals surface area contributed by atoms with Gasteiger partial charge in [-0.25, -0.2) is 0 Å². The molecule has 3 aromatic rings. The van der Waals surface area contributed by atoms with Gasteiger partial charge in [0.2, 0.25) is 0 Å². The zero-order valence-electron chi connectivity index (χ0n) is 19.9. The van der Waals surface area contributed by atoms with Gasteiger partial charge in [-0.2, -0.15) is 8.42 Å². The highest BCUT2D eigenvalue weighted by Crippen LogP contribution is 2.40. The van der Waals surface area contributed by atoms with Crippen LogP contribution in [-0.2, 0) is 28.5 Å². The normalized spacial score (nSPS) is 28.4. The zero-order chi connectivity index (χ0) is 25.3. The van der Waals surface area contributed by atoms with E-state index >= 15 is 0 Å². The third-order valence-corrected chi connectivity index (χ3v) is 8.69. The highest BCUT2D eigenvalue weighted by Gasteiger charge is 2.52. The van der Waals surface area contributed by atoms with Gasteiger partial charge in [0, 0.05) is 10.5 Å². The Labute approximate surface area is 215 Å². The maximum Gasteiger partial charge on any atom is 0.297 e. The fourth-order valence-electron chi connectivity index (χ4n) is 4.21. The van der Waals surface area contributed by atoms with Crippen LogP contribution in [0.2, 0.25) is 0 Å². The van der Waals surface area contributed by atoms with Gasteiger partial charge in [0.05, 0.1) is 11.5 Å². The van der Waals surface area contributed by atoms with E-state index < -0.39 is 46.3 Å². The molecule has 0 saturated carbocycles. The summed E-state index contributed by atoms with van der Waals surface area (Å²) in [6.45, 7) is 4.02. The van der Waals surface area contributed by atoms with Gasteiger partial charge in [-0.15, -0.1) is 0 Å². The number of aliphatic hydroxyl groups excluding tert-OH is 1. The van der Waals surface area contributed by atoms with Crippen molar-refractivity contribution in [3.05, 3.63) is 95.6 Å². The SMILES string of the molecule is Cc1ccc(S[C@@H]2O[C@@H]3CO[C@@H](c4ccccc4)O[C@H]3[C@H](OS(=O)(=O)c3ccc(C)cc3)[C@H]2O)cc1. The summed E-state index contributed by atoms with van der Waals surface area (Å²) >= 11 is 1.30. The first-order valence-corrected chi connectivity index (χ1v) is 14.0. The minimum Gasteiger partial charge on any atom is -0.387 e. The molecule has 2 aliphatic heterocycles. The number of ether oxygens (including phenoxy) is 3. The van der Waals surface area contributed by atoms with E-state index in [0.29, 0.717) is 0 Å². The highest BCUT2D eigenvalue weighted by atomic mass is 32.2. The first kappa shape index (κ1) is 25.4. The summed E-state index contributed by atoms with van der Waals surface area (Å²) in [6.07, 6.45) is -4.72. The molecule has 7 nitrogen and oxygen atoms in total. The van der Waals surface area contributed by atoms with Crippen LogP contribution in [-0.4, -0.2) is 50.0 Å². The van der Waals surface area contributed by atoms with Crippen molar-refractivity contribution in [2.24, 2.45) is 0 Å². The van der Waals surface area contributed by atoms with E-state index in [-0.39, 0.29) is 11.5 Å². The molecule has 0 radical (unpaired) electrons. The molecule has 2 heterocycles. The molecule has 1 N–H and O–H groups in total. The number of thioether (sulfide) groups is 1. The fourth-order valence-corrected chi connectivity index (χ4v) is 6.36. The van der Waals surface area contributed by atoms with Gasteiger partial charge in [-0.3, -0.25) is 4.18 Å². The monoisotopic (exact) mass is 528 g/mol. The molecule has 0 amide bonds. The second-order valence-electron chi connectivity index (χ2n) is 8.97. The van der Waals surface area contributed by atoms with Gasteiger partial charge in [0.15, 0.2) is 6.29 Å². The first-order chi connectivity index (χ1) is 17.3. The Hall–Kier alpha value is -2.24. The van der Waals surface area contributed by atoms with Gasteiger partial charge in [-0.05, 0) is 38.1 Å². The van der Waals surface area contributed by atoms with Crippen LogP contribution in [0.4, 0.5) is 0 Å². The third-order valence-electron chi connectivity index (χ3n) is 6.20. The Kier molecular flexibility index (Phi) is 7.50. The van der Waals surface area contributed by atoms with Crippen LogP contribution in [0.3, 0.4) is 0 Å². The van der Waals surface area contributed by atoms with Gasteiger partial charge in [0.25, 0.3) is 10.1 Å². The molecule has 0 bridgehead atoms. The minimum absolute atomic E-state index is 0.0118. The highest BCUT2D eigenvalue weighted by molar-refractivity contribution is 7.99. The lowest BCUT2D eigenvalue weighted by Gasteiger charge is -2.47. The predicted octanol–water partition coefficient (Wildman–Crippen LogP) is 4.37. The van der Waals surface area contributed by atoms with Crippen molar-refractivity contribution in [1.29, 1.82) is 0 Å². The molecule has 6 atom stereocenters. The maximum absolute atomic E-state index is 13.2. The lowest BCUT2D eigenvalue weighted by atomic mass is 9.99. The number of aliphatic hydroxyl groups is 1. The van der Waals surface area contributed by atoms with E-state index in [1.807, 2.05) is 68.4 Å². The molecule has 2 aliphatic rings. The average Bonchev–Trinajstić information content (AvgIpc) is 2.88. The number of aryl methyl sites for hydroxylation is 2. The van der Waals surface area contributed by atoms with Gasteiger partial charge in [0.1, 0.15) is 29.9 Å². The van der Waals surface area contributed by atoms with Crippen molar-refractivity contribution in [2.75, 3.05) is 6.61 Å². The molecule has 0 aliphatic carbocycles. The van der Waals surface area contributed by atoms with Crippen molar-refractivity contribution in [3.63, 3.8) is 0 Å². The lowest BCUT2D eigenvalue weighted by molar-refractivity contribution is -0.314. The Morgan fingerprint density at radius 1 is 0.889 bits per heavy atom. The minimum atomic E-state index is -4.19. The molecule has 5 rings (SSSR count). The summed E-state index contributed by atoms with van der Waals surface area (Å²) < 4.78 is 50.4. The van der Waals surface area contributed by atoms with Gasteiger partial charge >= 0.3 is 0 Å². The molecular formula is C27H28O7S2. The van der Waals surface area contributed by atoms with E-state index in [4.69, 9.17) is 18.4 Å². The predicted molar refractivity (Wildman–Crippen MR) is 135 cm³/mol. The Morgan fingerprint density at radius 2 is 1.53 bits per heavy atom. The Morgan fingerprint density at radius 3 is 2.19 bits per heavy atom. The zero-order valence-corrected chi connectivity index (χ0v) is 21.5. The molecule has 36 heavy (non-hydrogen) atoms. The van der Waals surface area contributed by atoms with E-state index in [2.05, 4.69) is 0 Å². The molecule has 9 heteroatoms. The van der Waals surface area contributed by atoms with Crippen LogP contribution in [0.1, 0.15) is 23.0 Å². The van der Waals surface area contributed by atoms with Crippen molar-refractivity contribution < 1.29 is 31.9 Å². The number of fused-ring (bicyclic) bond motifs is 1. The molecule has 2 fully saturated rings. The van der Waals surface area contributed by atoms with Gasteiger partial charge in [-0.1, -0.05) is 77.5 Å². The third kappa shape index (κ3) is 5.52. The average molecular weight is 529 g/mol. The number of benzene rings is 3. The first-order valence-electron chi connectivity index (χ1n) is 11.7. The summed E-state index contributed by atoms with van der Waals surface area (Å²) in [4.78, 5) is 0.890. The van der Waals surface area contributed by atoms with E-state index in [0.717, 1.165) is 21.6 Å². The van der Waals surface area contributed by atoms with Crippen molar-refractivity contribution in [1.82, 2.24) is 0 Å². The molecule has 0 spiro atoms. The molecule has 2 saturated heterocycles. The van der Waals surface area contributed by atoms with E-state index in [1.54, 1.807) is 12.1 Å². The second-order valence-corrected chi connectivity index (χ2v) is 11.7. The summed E-state index contributed by atoms with van der Waals surface area (Å²) in [6, 6.07) is 23.5. The maximum atomic E-state index is 13.2. The topological polar surface area (TPSA) is 91.3 Å². The molecular weight excluding hydrogens is 500 g/mol. The fraction of sp³-hybridized carbons (Fsp3) is 0.333. The second kappa shape index (κ2) is 10.6. The summed E-state index contributed by atoms with van der Waals surface area (Å²) in [5.74, 6) is 0. The van der Waals surface area contributed by atoms with Crippen LogP contribution < -0.4 is 0 Å². The summed E-state index contributed by atoms with van der Waals surface area (Å²) in [5, 5.41) is 11.3. The standard InChI is InChI=1S/C27H28O7S2/c1-17-8-12-20(13-9-17)35-27-23(28)25(34-36(29,30)21-14-10-18(2)11-15-21)24-22(32-27)16-31-26(33-24)19-6-4-3-5-7-19/h3-15,22-28H,16H2,1-2H3/t22-,23-,24-,25-,26-,27+/m1/s1. The Balaban J connectivity index is 1.43. The van der Waals surface area contributed by atoms with Crippen molar-refractivity contribution in [3.8, 4) is 0 Å². The molecule has 3 aromatic carbocycles. The summed E-state index contributed by atoms with van der Waals surface area (Å²) in [7, 11) is -4.19. The quantitative estimate of drug-likeness (QED) is 0.472. The number of hydrogen-bond donors (Lipinski definition) is 1. The van der Waals surface area contributed by atoms with Crippen LogP contribution in [0.15, 0.2) is 88.7 Å². The molecule has 0 unspecified atom stereocenters. The van der Waals surface area contributed by atoms with E-state index in [1.165, 1.54) is 23.9 Å². The number of rotatable bonds is 6. The number of hydrogen-bond acceptors (Lipinski definition) is 8. The van der Waals surface area contributed by atoms with Crippen LogP contribution in [0.5, 0.6) is 0 Å². The van der Waals surface area contributed by atoms with E-state index in [9.17, 15) is 13.5 Å².